The summed E-state index contributed by atoms with van der Waals surface area (Å²) in [5, 5.41) is 12.5. The van der Waals surface area contributed by atoms with Crippen molar-refractivity contribution in [2.45, 2.75) is 70.2 Å². The van der Waals surface area contributed by atoms with Crippen molar-refractivity contribution in [3.8, 4) is 17.0 Å². The zero-order valence-electron chi connectivity index (χ0n) is 23.4. The van der Waals surface area contributed by atoms with Gasteiger partial charge < -0.3 is 15.0 Å². The smallest absolute Gasteiger partial charge is 0.251 e. The molecule has 2 fully saturated rings. The minimum Gasteiger partial charge on any atom is -0.490 e. The summed E-state index contributed by atoms with van der Waals surface area (Å²) in [6, 6.07) is 22.6. The number of nitrogens with one attached hydrogen (secondary N) is 2. The number of nitrogens with zero attached hydrogens (tertiary/aromatic N) is 2. The number of H-pyrrole nitrogens is 1. The van der Waals surface area contributed by atoms with Crippen molar-refractivity contribution in [1.82, 2.24) is 20.4 Å². The summed E-state index contributed by atoms with van der Waals surface area (Å²) in [6.07, 6.45) is 6.34. The molecule has 2 N–H and O–H groups in total. The summed E-state index contributed by atoms with van der Waals surface area (Å²) in [7, 11) is 2.27. The molecule has 2 aliphatic rings. The van der Waals surface area contributed by atoms with Crippen molar-refractivity contribution < 1.29 is 9.53 Å². The molecule has 2 bridgehead atoms. The van der Waals surface area contributed by atoms with Crippen LogP contribution in [0.4, 0.5) is 0 Å². The van der Waals surface area contributed by atoms with Gasteiger partial charge in [-0.1, -0.05) is 50.1 Å². The lowest BCUT2D eigenvalue weighted by Gasteiger charge is -2.46. The second kappa shape index (κ2) is 11.3. The van der Waals surface area contributed by atoms with E-state index < -0.39 is 0 Å². The molecule has 1 amide bonds. The third-order valence-corrected chi connectivity index (χ3v) is 9.09. The first-order chi connectivity index (χ1) is 19.4. The largest absolute Gasteiger partial charge is 0.490 e. The number of carbonyl (C=O) groups is 1. The minimum absolute atomic E-state index is 0.140. The van der Waals surface area contributed by atoms with E-state index >= 15 is 0 Å². The van der Waals surface area contributed by atoms with Gasteiger partial charge in [-0.15, -0.1) is 0 Å². The first-order valence-electron chi connectivity index (χ1n) is 14.4. The molecule has 6 rings (SSSR count). The molecule has 1 aromatic heterocycles. The van der Waals surface area contributed by atoms with Crippen LogP contribution >= 0.6 is 11.6 Å². The fraction of sp³-hybridized carbons (Fsp3) is 0.394. The number of aromatic nitrogens is 2. The Morgan fingerprint density at radius 2 is 1.77 bits per heavy atom. The van der Waals surface area contributed by atoms with Gasteiger partial charge in [0.2, 0.25) is 0 Å². The van der Waals surface area contributed by atoms with Gasteiger partial charge in [-0.3, -0.25) is 9.89 Å². The van der Waals surface area contributed by atoms with Crippen molar-refractivity contribution in [3.05, 3.63) is 82.9 Å². The molecule has 4 atom stereocenters. The Balaban J connectivity index is 1.19. The van der Waals surface area contributed by atoms with Crippen molar-refractivity contribution >= 4 is 28.4 Å². The highest BCUT2D eigenvalue weighted by Gasteiger charge is 2.36. The van der Waals surface area contributed by atoms with E-state index in [2.05, 4.69) is 53.4 Å². The Morgan fingerprint density at radius 3 is 2.48 bits per heavy atom. The summed E-state index contributed by atoms with van der Waals surface area (Å²) in [4.78, 5) is 15.9. The van der Waals surface area contributed by atoms with Crippen LogP contribution in [-0.2, 0) is 0 Å². The third kappa shape index (κ3) is 5.35. The summed E-state index contributed by atoms with van der Waals surface area (Å²) in [6.45, 7) is 4.16. The average molecular weight is 557 g/mol. The number of fused-ring (bicyclic) bond motifs is 3. The molecule has 0 radical (unpaired) electrons. The molecule has 2 saturated heterocycles. The van der Waals surface area contributed by atoms with Gasteiger partial charge in [0.15, 0.2) is 0 Å². The molecule has 0 aliphatic carbocycles. The molecule has 6 nitrogen and oxygen atoms in total. The number of ether oxygens (including phenoxy) is 1. The van der Waals surface area contributed by atoms with Gasteiger partial charge in [0.1, 0.15) is 11.9 Å². The van der Waals surface area contributed by atoms with Crippen molar-refractivity contribution in [1.29, 1.82) is 0 Å². The van der Waals surface area contributed by atoms with Crippen molar-refractivity contribution in [2.75, 3.05) is 7.05 Å². The second-order valence-corrected chi connectivity index (χ2v) is 12.1. The monoisotopic (exact) mass is 556 g/mol. The van der Waals surface area contributed by atoms with E-state index in [1.807, 2.05) is 54.6 Å². The number of carbonyl (C=O) groups excluding carboxylic acids is 1. The molecule has 3 heterocycles. The molecule has 208 valence electrons. The summed E-state index contributed by atoms with van der Waals surface area (Å²) >= 11 is 6.46. The summed E-state index contributed by atoms with van der Waals surface area (Å²) in [5.41, 5.74) is 4.18. The Bertz CT molecular complexity index is 1480. The topological polar surface area (TPSA) is 70.2 Å². The summed E-state index contributed by atoms with van der Waals surface area (Å²) in [5.74, 6) is 0.932. The van der Waals surface area contributed by atoms with Crippen LogP contribution in [0.25, 0.3) is 22.2 Å². The predicted octanol–water partition coefficient (Wildman–Crippen LogP) is 7.40. The fourth-order valence-corrected chi connectivity index (χ4v) is 6.73. The van der Waals surface area contributed by atoms with Gasteiger partial charge in [0.05, 0.1) is 17.3 Å². The Hall–Kier alpha value is -3.35. The van der Waals surface area contributed by atoms with E-state index in [1.54, 1.807) is 0 Å². The maximum Gasteiger partial charge on any atom is 0.251 e. The lowest BCUT2D eigenvalue weighted by molar-refractivity contribution is 0.000143. The lowest BCUT2D eigenvalue weighted by atomic mass is 9.83. The van der Waals surface area contributed by atoms with E-state index in [1.165, 1.54) is 19.3 Å². The van der Waals surface area contributed by atoms with Gasteiger partial charge in [-0.25, -0.2) is 0 Å². The van der Waals surface area contributed by atoms with Gasteiger partial charge in [-0.2, -0.15) is 5.10 Å². The molecular formula is C33H37ClN4O2. The normalized spacial score (nSPS) is 21.9. The van der Waals surface area contributed by atoms with Gasteiger partial charge in [-0.05, 0) is 92.7 Å². The average Bonchev–Trinajstić information content (AvgIpc) is 3.36. The zero-order chi connectivity index (χ0) is 27.8. The standard InChI is InChI=1S/C33H37ClN4O2/c1-20(2)31(27-9-4-5-10-29(27)34)35-33(39)22-13-16-30-28(17-22)32(37-36-30)21-11-14-25(15-12-21)40-26-18-23-7-6-8-24(19-26)38(23)3/h4-5,9-17,20,23-24,26,31H,6-8,18-19H2,1-3H3,(H,35,39)(H,36,37)/t23-,24+,26-,31?. The number of rotatable bonds is 7. The Labute approximate surface area is 241 Å². The summed E-state index contributed by atoms with van der Waals surface area (Å²) < 4.78 is 6.43. The molecule has 4 aromatic rings. The number of piperidine rings is 2. The van der Waals surface area contributed by atoms with Crippen LogP contribution in [0.2, 0.25) is 5.02 Å². The van der Waals surface area contributed by atoms with Crippen LogP contribution in [0.1, 0.15) is 67.9 Å². The highest BCUT2D eigenvalue weighted by atomic mass is 35.5. The van der Waals surface area contributed by atoms with E-state index in [4.69, 9.17) is 16.3 Å². The predicted molar refractivity (Wildman–Crippen MR) is 161 cm³/mol. The molecule has 1 unspecified atom stereocenters. The third-order valence-electron chi connectivity index (χ3n) is 8.75. The van der Waals surface area contributed by atoms with E-state index in [9.17, 15) is 4.79 Å². The van der Waals surface area contributed by atoms with Crippen LogP contribution in [-0.4, -0.2) is 46.2 Å². The van der Waals surface area contributed by atoms with E-state index in [0.717, 1.165) is 46.3 Å². The number of hydrogen-bond donors (Lipinski definition) is 2. The van der Waals surface area contributed by atoms with Crippen LogP contribution in [0.5, 0.6) is 5.75 Å². The quantitative estimate of drug-likeness (QED) is 0.249. The number of amides is 1. The lowest BCUT2D eigenvalue weighted by Crippen LogP contribution is -2.52. The fourth-order valence-electron chi connectivity index (χ4n) is 6.48. The highest BCUT2D eigenvalue weighted by molar-refractivity contribution is 6.31. The zero-order valence-corrected chi connectivity index (χ0v) is 24.1. The number of halogens is 1. The van der Waals surface area contributed by atoms with Gasteiger partial charge in [0, 0.05) is 33.6 Å². The first kappa shape index (κ1) is 26.9. The maximum atomic E-state index is 13.4. The van der Waals surface area contributed by atoms with Gasteiger partial charge in [0.25, 0.3) is 5.91 Å². The number of benzene rings is 3. The minimum atomic E-state index is -0.197. The van der Waals surface area contributed by atoms with E-state index in [0.29, 0.717) is 22.7 Å². The molecule has 7 heteroatoms. The highest BCUT2D eigenvalue weighted by Crippen LogP contribution is 2.35. The maximum absolute atomic E-state index is 13.4. The number of aromatic amines is 1. The molecule has 0 saturated carbocycles. The van der Waals surface area contributed by atoms with Gasteiger partial charge >= 0.3 is 0 Å². The van der Waals surface area contributed by atoms with Crippen LogP contribution in [0.3, 0.4) is 0 Å². The molecule has 0 spiro atoms. The molecule has 40 heavy (non-hydrogen) atoms. The van der Waals surface area contributed by atoms with Crippen LogP contribution < -0.4 is 10.1 Å². The van der Waals surface area contributed by atoms with Crippen molar-refractivity contribution in [3.63, 3.8) is 0 Å². The Morgan fingerprint density at radius 1 is 1.05 bits per heavy atom. The SMILES string of the molecule is CC(C)C(NC(=O)c1ccc2[nH]nc(-c3ccc(O[C@@H]4C[C@H]5CCC[C@@H](C4)N5C)cc3)c2c1)c1ccccc1Cl. The first-order valence-corrected chi connectivity index (χ1v) is 14.8. The molecule has 2 aliphatic heterocycles. The van der Waals surface area contributed by atoms with Crippen LogP contribution in [0, 0.1) is 5.92 Å². The molecule has 3 aromatic carbocycles. The Kier molecular flexibility index (Phi) is 7.56. The molecular weight excluding hydrogens is 520 g/mol. The van der Waals surface area contributed by atoms with Crippen molar-refractivity contribution in [2.24, 2.45) is 5.92 Å². The number of hydrogen-bond acceptors (Lipinski definition) is 4. The second-order valence-electron chi connectivity index (χ2n) is 11.7. The van der Waals surface area contributed by atoms with E-state index in [-0.39, 0.29) is 24.0 Å². The van der Waals surface area contributed by atoms with Crippen LogP contribution in [0.15, 0.2) is 66.7 Å².